The van der Waals surface area contributed by atoms with E-state index in [0.717, 1.165) is 57.6 Å². The van der Waals surface area contributed by atoms with Crippen LogP contribution in [0.5, 0.6) is 0 Å². The predicted octanol–water partition coefficient (Wildman–Crippen LogP) is 5.14. The zero-order valence-corrected chi connectivity index (χ0v) is 21.0. The lowest BCUT2D eigenvalue weighted by atomic mass is 9.97. The Bertz CT molecular complexity index is 1580. The molecule has 4 aromatic heterocycles. The summed E-state index contributed by atoms with van der Waals surface area (Å²) in [6.07, 6.45) is 7.29. The molecular formula is C30H30N6O. The van der Waals surface area contributed by atoms with Gasteiger partial charge in [0.2, 0.25) is 0 Å². The molecule has 37 heavy (non-hydrogen) atoms. The maximum Gasteiger partial charge on any atom is 0.251 e. The highest BCUT2D eigenvalue weighted by atomic mass is 16.1. The average Bonchev–Trinajstić information content (AvgIpc) is 3.58. The first-order valence-electron chi connectivity index (χ1n) is 13.0. The topological polar surface area (TPSA) is 75.4 Å². The summed E-state index contributed by atoms with van der Waals surface area (Å²) >= 11 is 0. The summed E-state index contributed by atoms with van der Waals surface area (Å²) < 4.78 is 1.89. The Morgan fingerprint density at radius 2 is 1.92 bits per heavy atom. The van der Waals surface area contributed by atoms with Gasteiger partial charge in [0.1, 0.15) is 5.69 Å². The van der Waals surface area contributed by atoms with Crippen LogP contribution in [0, 0.1) is 6.92 Å². The summed E-state index contributed by atoms with van der Waals surface area (Å²) in [6, 6.07) is 19.8. The molecule has 0 bridgehead atoms. The predicted molar refractivity (Wildman–Crippen MR) is 147 cm³/mol. The Kier molecular flexibility index (Phi) is 6.37. The molecule has 0 unspecified atom stereocenters. The minimum Gasteiger partial charge on any atom is -0.352 e. The summed E-state index contributed by atoms with van der Waals surface area (Å²) in [5, 5.41) is 8.94. The van der Waals surface area contributed by atoms with Crippen molar-refractivity contribution in [3.05, 3.63) is 84.3 Å². The van der Waals surface area contributed by atoms with E-state index < -0.39 is 0 Å². The molecule has 5 aromatic rings. The molecular weight excluding hydrogens is 460 g/mol. The first kappa shape index (κ1) is 23.3. The van der Waals surface area contributed by atoms with Crippen molar-refractivity contribution in [3.8, 4) is 22.5 Å². The Hall–Kier alpha value is -4.10. The van der Waals surface area contributed by atoms with E-state index in [1.165, 1.54) is 25.9 Å². The molecule has 0 aliphatic carbocycles. The fraction of sp³-hybridized carbons (Fsp3) is 0.267. The first-order valence-corrected chi connectivity index (χ1v) is 13.0. The van der Waals surface area contributed by atoms with Crippen molar-refractivity contribution in [2.24, 2.45) is 0 Å². The second-order valence-electron chi connectivity index (χ2n) is 9.67. The van der Waals surface area contributed by atoms with E-state index in [9.17, 15) is 4.79 Å². The summed E-state index contributed by atoms with van der Waals surface area (Å²) in [4.78, 5) is 24.7. The Balaban J connectivity index is 1.33. The van der Waals surface area contributed by atoms with Crippen molar-refractivity contribution < 1.29 is 4.79 Å². The molecule has 186 valence electrons. The van der Waals surface area contributed by atoms with E-state index in [1.807, 2.05) is 72.2 Å². The quantitative estimate of drug-likeness (QED) is 0.320. The zero-order valence-electron chi connectivity index (χ0n) is 21.0. The van der Waals surface area contributed by atoms with Crippen molar-refractivity contribution in [2.75, 3.05) is 26.2 Å². The lowest BCUT2D eigenvalue weighted by Crippen LogP contribution is -2.28. The van der Waals surface area contributed by atoms with Gasteiger partial charge in [0.05, 0.1) is 16.7 Å². The Morgan fingerprint density at radius 1 is 1.03 bits per heavy atom. The summed E-state index contributed by atoms with van der Waals surface area (Å²) in [7, 11) is 0. The van der Waals surface area contributed by atoms with Gasteiger partial charge in [-0.3, -0.25) is 14.8 Å². The number of carbonyl (C=O) groups is 1. The van der Waals surface area contributed by atoms with Crippen LogP contribution in [0.15, 0.2) is 73.1 Å². The SMILES string of the molecule is Cc1cccc(-c2nn3ccccc3c2-c2ccnc3cc(C(=O)NCCCN4CCCC4)ccc23)n1. The number of benzene rings is 1. The minimum absolute atomic E-state index is 0.0591. The number of nitrogens with zero attached hydrogens (tertiary/aromatic N) is 5. The number of fused-ring (bicyclic) bond motifs is 2. The molecule has 5 heterocycles. The molecule has 1 N–H and O–H groups in total. The monoisotopic (exact) mass is 490 g/mol. The Morgan fingerprint density at radius 3 is 2.78 bits per heavy atom. The molecule has 0 radical (unpaired) electrons. The summed E-state index contributed by atoms with van der Waals surface area (Å²) in [5.74, 6) is -0.0591. The van der Waals surface area contributed by atoms with E-state index in [4.69, 9.17) is 10.1 Å². The number of aromatic nitrogens is 4. The minimum atomic E-state index is -0.0591. The summed E-state index contributed by atoms with van der Waals surface area (Å²) in [6.45, 7) is 6.07. The number of nitrogens with one attached hydrogen (secondary N) is 1. The standard InChI is InChI=1S/C30H30N6O/c1-21-8-6-9-25(33-21)29-28(27-10-2-3-19-36(27)34-29)24-13-15-31-26-20-22(11-12-23(24)26)30(37)32-14-7-18-35-16-4-5-17-35/h2-3,6,8-13,15,19-20H,4-5,7,14,16-18H2,1H3,(H,32,37). The number of carbonyl (C=O) groups excluding carboxylic acids is 1. The third kappa shape index (κ3) is 4.70. The number of hydrogen-bond acceptors (Lipinski definition) is 5. The normalized spacial score (nSPS) is 14.0. The lowest BCUT2D eigenvalue weighted by Gasteiger charge is -2.14. The van der Waals surface area contributed by atoms with Crippen LogP contribution < -0.4 is 5.32 Å². The molecule has 1 aliphatic heterocycles. The van der Waals surface area contributed by atoms with Gasteiger partial charge in [-0.1, -0.05) is 18.2 Å². The smallest absolute Gasteiger partial charge is 0.251 e. The van der Waals surface area contributed by atoms with Crippen molar-refractivity contribution in [3.63, 3.8) is 0 Å². The van der Waals surface area contributed by atoms with Crippen molar-refractivity contribution in [1.29, 1.82) is 0 Å². The van der Waals surface area contributed by atoms with Gasteiger partial charge in [-0.25, -0.2) is 4.52 Å². The summed E-state index contributed by atoms with van der Waals surface area (Å²) in [5.41, 5.74) is 7.01. The fourth-order valence-electron chi connectivity index (χ4n) is 5.24. The van der Waals surface area contributed by atoms with Gasteiger partial charge in [-0.2, -0.15) is 5.10 Å². The number of aryl methyl sites for hydroxylation is 1. The van der Waals surface area contributed by atoms with E-state index in [-0.39, 0.29) is 5.91 Å². The molecule has 1 aromatic carbocycles. The largest absolute Gasteiger partial charge is 0.352 e. The maximum atomic E-state index is 12.9. The molecule has 1 amide bonds. The molecule has 1 fully saturated rings. The van der Waals surface area contributed by atoms with Crippen LogP contribution in [-0.2, 0) is 0 Å². The third-order valence-electron chi connectivity index (χ3n) is 7.08. The maximum absolute atomic E-state index is 12.9. The van der Waals surface area contributed by atoms with Gasteiger partial charge < -0.3 is 10.2 Å². The molecule has 6 rings (SSSR count). The third-order valence-corrected chi connectivity index (χ3v) is 7.08. The van der Waals surface area contributed by atoms with Gasteiger partial charge in [-0.15, -0.1) is 0 Å². The zero-order chi connectivity index (χ0) is 25.2. The van der Waals surface area contributed by atoms with E-state index >= 15 is 0 Å². The van der Waals surface area contributed by atoms with Gasteiger partial charge in [0.15, 0.2) is 0 Å². The van der Waals surface area contributed by atoms with Crippen LogP contribution in [0.25, 0.3) is 38.9 Å². The molecule has 7 heteroatoms. The van der Waals surface area contributed by atoms with Crippen LogP contribution in [0.4, 0.5) is 0 Å². The molecule has 7 nitrogen and oxygen atoms in total. The number of rotatable bonds is 7. The van der Waals surface area contributed by atoms with Crippen molar-refractivity contribution >= 4 is 22.3 Å². The highest BCUT2D eigenvalue weighted by Gasteiger charge is 2.20. The number of pyridine rings is 3. The fourth-order valence-corrected chi connectivity index (χ4v) is 5.24. The lowest BCUT2D eigenvalue weighted by molar-refractivity contribution is 0.0952. The number of amides is 1. The van der Waals surface area contributed by atoms with Crippen LogP contribution in [0.2, 0.25) is 0 Å². The highest BCUT2D eigenvalue weighted by molar-refractivity contribution is 6.05. The van der Waals surface area contributed by atoms with Gasteiger partial charge >= 0.3 is 0 Å². The molecule has 0 saturated carbocycles. The molecule has 0 spiro atoms. The van der Waals surface area contributed by atoms with Gasteiger partial charge in [-0.05, 0) is 93.8 Å². The van der Waals surface area contributed by atoms with E-state index in [0.29, 0.717) is 12.1 Å². The number of hydrogen-bond donors (Lipinski definition) is 1. The van der Waals surface area contributed by atoms with E-state index in [1.54, 1.807) is 6.20 Å². The van der Waals surface area contributed by atoms with Crippen LogP contribution >= 0.6 is 0 Å². The van der Waals surface area contributed by atoms with Crippen LogP contribution in [0.1, 0.15) is 35.3 Å². The van der Waals surface area contributed by atoms with Gasteiger partial charge in [0, 0.05) is 41.1 Å². The highest BCUT2D eigenvalue weighted by Crippen LogP contribution is 2.38. The van der Waals surface area contributed by atoms with E-state index in [2.05, 4.69) is 21.3 Å². The molecule has 1 aliphatic rings. The second-order valence-corrected chi connectivity index (χ2v) is 9.67. The Labute approximate surface area is 216 Å². The molecule has 0 atom stereocenters. The van der Waals surface area contributed by atoms with Crippen molar-refractivity contribution in [2.45, 2.75) is 26.2 Å². The van der Waals surface area contributed by atoms with Crippen LogP contribution in [-0.4, -0.2) is 56.6 Å². The average molecular weight is 491 g/mol. The number of likely N-dealkylation sites (tertiary alicyclic amines) is 1. The van der Waals surface area contributed by atoms with Gasteiger partial charge in [0.25, 0.3) is 5.91 Å². The van der Waals surface area contributed by atoms with Crippen molar-refractivity contribution in [1.82, 2.24) is 29.8 Å². The first-order chi connectivity index (χ1) is 18.2. The van der Waals surface area contributed by atoms with Crippen LogP contribution in [0.3, 0.4) is 0 Å². The second kappa shape index (κ2) is 10.1. The molecule has 1 saturated heterocycles.